The number of primary amides is 1. The number of carbonyl (C=O) groups excluding carboxylic acids is 1. The number of anilines is 1. The molecule has 32 heavy (non-hydrogen) atoms. The molecule has 0 aliphatic heterocycles. The first kappa shape index (κ1) is 20.5. The predicted molar refractivity (Wildman–Crippen MR) is 111 cm³/mol. The Morgan fingerprint density at radius 2 is 1.97 bits per heavy atom. The molecule has 3 aromatic rings. The van der Waals surface area contributed by atoms with Gasteiger partial charge in [-0.2, -0.15) is 18.3 Å². The molecule has 1 fully saturated rings. The highest BCUT2D eigenvalue weighted by Gasteiger charge is 2.43. The lowest BCUT2D eigenvalue weighted by molar-refractivity contribution is -0.150. The Labute approximate surface area is 180 Å². The fourth-order valence-corrected chi connectivity index (χ4v) is 4.85. The van der Waals surface area contributed by atoms with E-state index < -0.39 is 12.1 Å². The Bertz CT molecular complexity index is 1220. The molecule has 5 N–H and O–H groups in total. The van der Waals surface area contributed by atoms with Crippen molar-refractivity contribution in [2.24, 2.45) is 11.7 Å². The van der Waals surface area contributed by atoms with Crippen LogP contribution >= 0.6 is 0 Å². The number of halogens is 3. The van der Waals surface area contributed by atoms with Crippen molar-refractivity contribution >= 4 is 23.3 Å². The summed E-state index contributed by atoms with van der Waals surface area (Å²) >= 11 is 0. The minimum atomic E-state index is -4.36. The van der Waals surface area contributed by atoms with Gasteiger partial charge >= 0.3 is 6.18 Å². The Balaban J connectivity index is 1.59. The number of imidazole rings is 1. The Morgan fingerprint density at radius 3 is 2.66 bits per heavy atom. The number of aromatic nitrogens is 5. The third kappa shape index (κ3) is 3.32. The summed E-state index contributed by atoms with van der Waals surface area (Å²) in [6, 6.07) is 1.66. The molecule has 2 aliphatic carbocycles. The highest BCUT2D eigenvalue weighted by molar-refractivity contribution is 5.85. The molecule has 0 aromatic carbocycles. The van der Waals surface area contributed by atoms with E-state index in [1.54, 1.807) is 16.7 Å². The third-order valence-corrected chi connectivity index (χ3v) is 6.53. The Morgan fingerprint density at radius 1 is 1.22 bits per heavy atom. The maximum absolute atomic E-state index is 13.5. The van der Waals surface area contributed by atoms with Crippen molar-refractivity contribution in [3.8, 4) is 11.4 Å². The fraction of sp³-hybridized carbons (Fsp3) is 0.429. The lowest BCUT2D eigenvalue weighted by Crippen LogP contribution is -2.27. The van der Waals surface area contributed by atoms with Crippen LogP contribution in [-0.4, -0.2) is 36.6 Å². The van der Waals surface area contributed by atoms with E-state index in [1.807, 2.05) is 0 Å². The molecule has 0 saturated heterocycles. The Hall–Kier alpha value is -3.37. The minimum Gasteiger partial charge on any atom is -0.382 e. The van der Waals surface area contributed by atoms with Crippen LogP contribution in [0, 0.1) is 5.92 Å². The van der Waals surface area contributed by atoms with E-state index in [1.165, 1.54) is 12.4 Å². The quantitative estimate of drug-likeness (QED) is 0.568. The highest BCUT2D eigenvalue weighted by Crippen LogP contribution is 2.44. The smallest absolute Gasteiger partial charge is 0.382 e. The maximum Gasteiger partial charge on any atom is 0.397 e. The molecule has 0 radical (unpaired) electrons. The summed E-state index contributed by atoms with van der Waals surface area (Å²) in [6.07, 6.45) is 2.79. The van der Waals surface area contributed by atoms with Gasteiger partial charge in [-0.05, 0) is 43.7 Å². The first-order valence-corrected chi connectivity index (χ1v) is 10.5. The number of carbonyl (C=O) groups is 1. The zero-order valence-electron chi connectivity index (χ0n) is 17.1. The van der Waals surface area contributed by atoms with Gasteiger partial charge in [-0.15, -0.1) is 0 Å². The first-order chi connectivity index (χ1) is 15.2. The zero-order chi connectivity index (χ0) is 22.6. The molecule has 0 bridgehead atoms. The molecule has 1 atom stereocenters. The number of allylic oxidation sites excluding steroid dienone is 1. The summed E-state index contributed by atoms with van der Waals surface area (Å²) in [5.41, 5.74) is 13.5. The number of fused-ring (bicyclic) bond motifs is 2. The summed E-state index contributed by atoms with van der Waals surface area (Å²) < 4.78 is 42.2. The second-order valence-corrected chi connectivity index (χ2v) is 8.46. The number of amides is 1. The van der Waals surface area contributed by atoms with Gasteiger partial charge in [0.2, 0.25) is 5.91 Å². The lowest BCUT2D eigenvalue weighted by Gasteiger charge is -2.25. The van der Waals surface area contributed by atoms with Crippen LogP contribution in [-0.2, 0) is 4.79 Å². The topological polar surface area (TPSA) is 128 Å². The standard InChI is InChI=1S/C21H22F3N7O/c22-21(23,24)13-3-1-2-12-8-14(29-15(12)13)16-17-18(25)27-9-28-31(17)20(30-16)11-6-4-10(5-7-11)19(26)32/h1-2,8-11,13,29H,3-7H2,(H2,26,32)(H2,25,27,28)/t10-,11-,13?. The molecule has 2 aliphatic rings. The molecule has 1 amide bonds. The van der Waals surface area contributed by atoms with Gasteiger partial charge in [-0.1, -0.05) is 12.2 Å². The predicted octanol–water partition coefficient (Wildman–Crippen LogP) is 3.52. The second-order valence-electron chi connectivity index (χ2n) is 8.46. The van der Waals surface area contributed by atoms with Crippen molar-refractivity contribution in [1.29, 1.82) is 0 Å². The number of H-pyrrole nitrogens is 1. The van der Waals surface area contributed by atoms with E-state index in [0.29, 0.717) is 54.0 Å². The van der Waals surface area contributed by atoms with Crippen molar-refractivity contribution in [3.05, 3.63) is 35.6 Å². The summed E-state index contributed by atoms with van der Waals surface area (Å²) in [6.45, 7) is 0. The summed E-state index contributed by atoms with van der Waals surface area (Å²) in [7, 11) is 0. The number of nitrogens with one attached hydrogen (secondary N) is 1. The molecule has 11 heteroatoms. The van der Waals surface area contributed by atoms with Crippen LogP contribution in [0.15, 0.2) is 18.5 Å². The SMILES string of the molecule is Nc1ncnn2c1c(-c1cc3c([nH]1)C(C(F)(F)F)CC=C3)nc2[C@H]1CC[C@H](C(N)=O)CC1. The summed E-state index contributed by atoms with van der Waals surface area (Å²) in [5, 5.41) is 4.32. The number of alkyl halides is 3. The average molecular weight is 445 g/mol. The molecule has 3 heterocycles. The van der Waals surface area contributed by atoms with Crippen LogP contribution in [0.5, 0.6) is 0 Å². The number of rotatable bonds is 3. The molecule has 0 spiro atoms. The number of aromatic amines is 1. The van der Waals surface area contributed by atoms with E-state index in [-0.39, 0.29) is 35.7 Å². The van der Waals surface area contributed by atoms with Crippen LogP contribution in [0.25, 0.3) is 23.0 Å². The van der Waals surface area contributed by atoms with Gasteiger partial charge in [-0.3, -0.25) is 4.79 Å². The van der Waals surface area contributed by atoms with Gasteiger partial charge in [0, 0.05) is 17.5 Å². The first-order valence-electron chi connectivity index (χ1n) is 10.5. The van der Waals surface area contributed by atoms with Crippen molar-refractivity contribution in [1.82, 2.24) is 24.6 Å². The molecule has 3 aromatic heterocycles. The maximum atomic E-state index is 13.5. The lowest BCUT2D eigenvalue weighted by atomic mass is 9.81. The third-order valence-electron chi connectivity index (χ3n) is 6.53. The van der Waals surface area contributed by atoms with Crippen LogP contribution in [0.2, 0.25) is 0 Å². The van der Waals surface area contributed by atoms with Crippen molar-refractivity contribution in [2.75, 3.05) is 5.73 Å². The van der Waals surface area contributed by atoms with Crippen LogP contribution in [0.4, 0.5) is 19.0 Å². The molecule has 5 rings (SSSR count). The van der Waals surface area contributed by atoms with E-state index in [9.17, 15) is 18.0 Å². The number of nitrogen functional groups attached to an aromatic ring is 1. The summed E-state index contributed by atoms with van der Waals surface area (Å²) in [4.78, 5) is 23.3. The molecule has 1 unspecified atom stereocenters. The van der Waals surface area contributed by atoms with E-state index in [2.05, 4.69) is 15.1 Å². The molecular formula is C21H22F3N7O. The second kappa shape index (κ2) is 7.35. The van der Waals surface area contributed by atoms with Gasteiger partial charge in [0.05, 0.1) is 11.6 Å². The fourth-order valence-electron chi connectivity index (χ4n) is 4.85. The summed E-state index contributed by atoms with van der Waals surface area (Å²) in [5.74, 6) is -1.18. The minimum absolute atomic E-state index is 0.0218. The van der Waals surface area contributed by atoms with Gasteiger partial charge in [0.1, 0.15) is 23.4 Å². The number of hydrogen-bond donors (Lipinski definition) is 3. The van der Waals surface area contributed by atoms with Gasteiger partial charge in [0.15, 0.2) is 5.82 Å². The van der Waals surface area contributed by atoms with E-state index in [4.69, 9.17) is 16.5 Å². The van der Waals surface area contributed by atoms with Crippen molar-refractivity contribution in [2.45, 2.75) is 50.1 Å². The molecule has 8 nitrogen and oxygen atoms in total. The molecular weight excluding hydrogens is 423 g/mol. The van der Waals surface area contributed by atoms with E-state index >= 15 is 0 Å². The van der Waals surface area contributed by atoms with Gasteiger partial charge < -0.3 is 16.5 Å². The highest BCUT2D eigenvalue weighted by atomic mass is 19.4. The number of nitrogens with zero attached hydrogens (tertiary/aromatic N) is 4. The zero-order valence-corrected chi connectivity index (χ0v) is 17.1. The van der Waals surface area contributed by atoms with E-state index in [0.717, 1.165) is 0 Å². The monoisotopic (exact) mass is 445 g/mol. The van der Waals surface area contributed by atoms with Gasteiger partial charge in [0.25, 0.3) is 0 Å². The van der Waals surface area contributed by atoms with Crippen LogP contribution in [0.1, 0.15) is 61.0 Å². The number of nitrogens with two attached hydrogens (primary N) is 2. The Kier molecular flexibility index (Phi) is 4.72. The van der Waals surface area contributed by atoms with Crippen molar-refractivity contribution in [3.63, 3.8) is 0 Å². The normalized spacial score (nSPS) is 23.4. The number of hydrogen-bond acceptors (Lipinski definition) is 5. The average Bonchev–Trinajstić information content (AvgIpc) is 3.35. The van der Waals surface area contributed by atoms with Crippen LogP contribution < -0.4 is 11.5 Å². The molecule has 168 valence electrons. The largest absolute Gasteiger partial charge is 0.397 e. The van der Waals surface area contributed by atoms with Crippen molar-refractivity contribution < 1.29 is 18.0 Å². The van der Waals surface area contributed by atoms with Gasteiger partial charge in [-0.25, -0.2) is 14.5 Å². The van der Waals surface area contributed by atoms with Crippen LogP contribution in [0.3, 0.4) is 0 Å². The molecule has 1 saturated carbocycles.